The Kier molecular flexibility index (Phi) is 4.30. The van der Waals surface area contributed by atoms with Gasteiger partial charge in [0.1, 0.15) is 12.4 Å². The number of hydrogen-bond acceptors (Lipinski definition) is 3. The van der Waals surface area contributed by atoms with E-state index in [9.17, 15) is 0 Å². The van der Waals surface area contributed by atoms with Crippen LogP contribution in [0.5, 0.6) is 5.75 Å². The summed E-state index contributed by atoms with van der Waals surface area (Å²) in [4.78, 5) is 0. The van der Waals surface area contributed by atoms with E-state index < -0.39 is 0 Å². The van der Waals surface area contributed by atoms with Crippen LogP contribution in [0.1, 0.15) is 28.1 Å². The molecule has 0 atom stereocenters. The second-order valence-corrected chi connectivity index (χ2v) is 6.22. The van der Waals surface area contributed by atoms with Crippen LogP contribution in [0.25, 0.3) is 5.69 Å². The van der Waals surface area contributed by atoms with E-state index in [0.29, 0.717) is 6.61 Å². The monoisotopic (exact) mass is 321 g/mol. The fourth-order valence-electron chi connectivity index (χ4n) is 2.89. The lowest BCUT2D eigenvalue weighted by Crippen LogP contribution is -2.04. The SMILES string of the molecule is Cc1cc(C)n(-c2ccc(OCc3c(C)cccc3N)c(C)c2)n1. The normalized spacial score (nSPS) is 10.8. The topological polar surface area (TPSA) is 53.1 Å². The van der Waals surface area contributed by atoms with Crippen LogP contribution in [0, 0.1) is 27.7 Å². The summed E-state index contributed by atoms with van der Waals surface area (Å²) in [7, 11) is 0. The van der Waals surface area contributed by atoms with Crippen molar-refractivity contribution in [2.45, 2.75) is 34.3 Å². The highest BCUT2D eigenvalue weighted by Crippen LogP contribution is 2.25. The molecular formula is C20H23N3O. The molecule has 0 unspecified atom stereocenters. The standard InChI is InChI=1S/C20H23N3O/c1-13-6-5-7-19(21)18(13)12-24-20-9-8-17(10-14(20)2)23-16(4)11-15(3)22-23/h5-11H,12,21H2,1-4H3. The smallest absolute Gasteiger partial charge is 0.122 e. The predicted molar refractivity (Wildman–Crippen MR) is 97.7 cm³/mol. The molecule has 0 saturated heterocycles. The number of aryl methyl sites for hydroxylation is 4. The average Bonchev–Trinajstić information content (AvgIpc) is 2.86. The number of ether oxygens (including phenoxy) is 1. The van der Waals surface area contributed by atoms with Crippen LogP contribution < -0.4 is 10.5 Å². The van der Waals surface area contributed by atoms with E-state index in [1.54, 1.807) is 0 Å². The molecule has 4 nitrogen and oxygen atoms in total. The fraction of sp³-hybridized carbons (Fsp3) is 0.250. The highest BCUT2D eigenvalue weighted by Gasteiger charge is 2.08. The van der Waals surface area contributed by atoms with Crippen molar-refractivity contribution in [3.8, 4) is 11.4 Å². The Morgan fingerprint density at radius 3 is 2.42 bits per heavy atom. The molecule has 0 radical (unpaired) electrons. The molecule has 1 heterocycles. The van der Waals surface area contributed by atoms with Crippen LogP contribution >= 0.6 is 0 Å². The summed E-state index contributed by atoms with van der Waals surface area (Å²) in [6.07, 6.45) is 0. The van der Waals surface area contributed by atoms with Gasteiger partial charge >= 0.3 is 0 Å². The van der Waals surface area contributed by atoms with Gasteiger partial charge in [0.25, 0.3) is 0 Å². The Morgan fingerprint density at radius 1 is 1.00 bits per heavy atom. The molecule has 0 spiro atoms. The first-order valence-electron chi connectivity index (χ1n) is 8.07. The quantitative estimate of drug-likeness (QED) is 0.730. The summed E-state index contributed by atoms with van der Waals surface area (Å²) in [6.45, 7) is 8.62. The molecule has 0 aliphatic heterocycles. The van der Waals surface area contributed by atoms with Crippen LogP contribution in [0.4, 0.5) is 5.69 Å². The summed E-state index contributed by atoms with van der Waals surface area (Å²) < 4.78 is 7.95. The zero-order valence-corrected chi connectivity index (χ0v) is 14.6. The summed E-state index contributed by atoms with van der Waals surface area (Å²) in [6, 6.07) is 14.1. The van der Waals surface area contributed by atoms with E-state index in [-0.39, 0.29) is 0 Å². The van der Waals surface area contributed by atoms with Gasteiger partial charge in [-0.2, -0.15) is 5.10 Å². The van der Waals surface area contributed by atoms with Crippen LogP contribution in [0.15, 0.2) is 42.5 Å². The van der Waals surface area contributed by atoms with Gasteiger partial charge in [0.15, 0.2) is 0 Å². The Morgan fingerprint density at radius 2 is 1.79 bits per heavy atom. The summed E-state index contributed by atoms with van der Waals surface area (Å²) in [5.41, 5.74) is 13.3. The molecule has 0 saturated carbocycles. The minimum Gasteiger partial charge on any atom is -0.489 e. The third-order valence-electron chi connectivity index (χ3n) is 4.23. The third kappa shape index (κ3) is 3.13. The molecule has 0 amide bonds. The van der Waals surface area contributed by atoms with Crippen molar-refractivity contribution in [2.75, 3.05) is 5.73 Å². The second kappa shape index (κ2) is 6.40. The van der Waals surface area contributed by atoms with Crippen molar-refractivity contribution >= 4 is 5.69 Å². The largest absolute Gasteiger partial charge is 0.489 e. The van der Waals surface area contributed by atoms with Gasteiger partial charge in [-0.25, -0.2) is 4.68 Å². The van der Waals surface area contributed by atoms with E-state index in [2.05, 4.69) is 24.2 Å². The molecule has 24 heavy (non-hydrogen) atoms. The maximum absolute atomic E-state index is 6.05. The van der Waals surface area contributed by atoms with Gasteiger partial charge in [0, 0.05) is 16.9 Å². The molecule has 124 valence electrons. The number of benzene rings is 2. The van der Waals surface area contributed by atoms with Gasteiger partial charge < -0.3 is 10.5 Å². The van der Waals surface area contributed by atoms with Gasteiger partial charge in [-0.1, -0.05) is 12.1 Å². The first kappa shape index (κ1) is 16.1. The van der Waals surface area contributed by atoms with Crippen LogP contribution in [-0.2, 0) is 6.61 Å². The number of nitrogens with two attached hydrogens (primary N) is 1. The second-order valence-electron chi connectivity index (χ2n) is 6.22. The fourth-order valence-corrected chi connectivity index (χ4v) is 2.89. The van der Waals surface area contributed by atoms with E-state index in [4.69, 9.17) is 10.5 Å². The number of nitrogens with zero attached hydrogens (tertiary/aromatic N) is 2. The van der Waals surface area contributed by atoms with E-state index in [0.717, 1.165) is 45.2 Å². The lowest BCUT2D eigenvalue weighted by molar-refractivity contribution is 0.304. The van der Waals surface area contributed by atoms with Crippen molar-refractivity contribution in [3.05, 3.63) is 70.5 Å². The minimum atomic E-state index is 0.471. The van der Waals surface area contributed by atoms with Crippen molar-refractivity contribution < 1.29 is 4.74 Å². The van der Waals surface area contributed by atoms with Crippen LogP contribution in [0.2, 0.25) is 0 Å². The van der Waals surface area contributed by atoms with E-state index >= 15 is 0 Å². The number of nitrogen functional groups attached to an aromatic ring is 1. The molecule has 2 N–H and O–H groups in total. The Labute approximate surface area is 142 Å². The van der Waals surface area contributed by atoms with Crippen molar-refractivity contribution in [1.29, 1.82) is 0 Å². The van der Waals surface area contributed by atoms with Gasteiger partial charge in [-0.15, -0.1) is 0 Å². The minimum absolute atomic E-state index is 0.471. The zero-order valence-electron chi connectivity index (χ0n) is 14.6. The Balaban J connectivity index is 1.82. The van der Waals surface area contributed by atoms with E-state index in [1.807, 2.05) is 55.8 Å². The summed E-state index contributed by atoms with van der Waals surface area (Å²) >= 11 is 0. The lowest BCUT2D eigenvalue weighted by Gasteiger charge is -2.14. The Bertz CT molecular complexity index is 860. The Hall–Kier alpha value is -2.75. The molecule has 3 rings (SSSR count). The maximum Gasteiger partial charge on any atom is 0.122 e. The molecule has 0 bridgehead atoms. The number of anilines is 1. The van der Waals surface area contributed by atoms with Crippen molar-refractivity contribution in [2.24, 2.45) is 0 Å². The molecule has 0 fully saturated rings. The maximum atomic E-state index is 6.05. The summed E-state index contributed by atoms with van der Waals surface area (Å²) in [5, 5.41) is 4.53. The van der Waals surface area contributed by atoms with Gasteiger partial charge in [-0.05, 0) is 69.2 Å². The third-order valence-corrected chi connectivity index (χ3v) is 4.23. The molecule has 3 aromatic rings. The van der Waals surface area contributed by atoms with Crippen molar-refractivity contribution in [3.63, 3.8) is 0 Å². The molecule has 2 aromatic carbocycles. The summed E-state index contributed by atoms with van der Waals surface area (Å²) in [5.74, 6) is 0.864. The first-order valence-corrected chi connectivity index (χ1v) is 8.07. The highest BCUT2D eigenvalue weighted by molar-refractivity contribution is 5.51. The van der Waals surface area contributed by atoms with Crippen molar-refractivity contribution in [1.82, 2.24) is 9.78 Å². The zero-order chi connectivity index (χ0) is 17.3. The average molecular weight is 321 g/mol. The van der Waals surface area contributed by atoms with Crippen LogP contribution in [0.3, 0.4) is 0 Å². The molecule has 4 heteroatoms. The highest BCUT2D eigenvalue weighted by atomic mass is 16.5. The molecule has 1 aromatic heterocycles. The lowest BCUT2D eigenvalue weighted by atomic mass is 10.1. The van der Waals surface area contributed by atoms with E-state index in [1.165, 1.54) is 0 Å². The van der Waals surface area contributed by atoms with Gasteiger partial charge in [0.2, 0.25) is 0 Å². The molecular weight excluding hydrogens is 298 g/mol. The van der Waals surface area contributed by atoms with Gasteiger partial charge in [0.05, 0.1) is 11.4 Å². The number of rotatable bonds is 4. The first-order chi connectivity index (χ1) is 11.5. The predicted octanol–water partition coefficient (Wildman–Crippen LogP) is 4.27. The van der Waals surface area contributed by atoms with Crippen LogP contribution in [-0.4, -0.2) is 9.78 Å². The number of aromatic nitrogens is 2. The molecule has 0 aliphatic carbocycles. The molecule has 0 aliphatic rings. The van der Waals surface area contributed by atoms with Gasteiger partial charge in [-0.3, -0.25) is 0 Å². The number of hydrogen-bond donors (Lipinski definition) is 1.